The van der Waals surface area contributed by atoms with E-state index in [0.717, 1.165) is 19.3 Å². The van der Waals surface area contributed by atoms with Crippen LogP contribution in [0.25, 0.3) is 0 Å². The standard InChI is InChI=1S/C11H21N/c1-4-5-6-7-8-9-10(2)11(3)12/h4,7-8,10-11H,1,5-6,9,12H2,2-3H3/b8-7-/t10?,11-/m0/s1. The molecular formula is C11H21N. The van der Waals surface area contributed by atoms with Crippen LogP contribution in [0.15, 0.2) is 24.8 Å². The Labute approximate surface area is 76.3 Å². The van der Waals surface area contributed by atoms with E-state index in [4.69, 9.17) is 5.73 Å². The smallest absolute Gasteiger partial charge is 0.00390 e. The molecule has 0 radical (unpaired) electrons. The van der Waals surface area contributed by atoms with Gasteiger partial charge < -0.3 is 5.73 Å². The predicted octanol–water partition coefficient (Wildman–Crippen LogP) is 2.88. The van der Waals surface area contributed by atoms with Crippen LogP contribution < -0.4 is 5.73 Å². The highest BCUT2D eigenvalue weighted by Gasteiger charge is 2.03. The first-order chi connectivity index (χ1) is 5.68. The summed E-state index contributed by atoms with van der Waals surface area (Å²) in [6, 6.07) is 0.300. The number of hydrogen-bond acceptors (Lipinski definition) is 1. The molecule has 0 aromatic carbocycles. The third kappa shape index (κ3) is 6.17. The topological polar surface area (TPSA) is 26.0 Å². The zero-order chi connectivity index (χ0) is 9.40. The molecule has 0 aromatic rings. The SMILES string of the molecule is C=CCC/C=C\CC(C)[C@H](C)N. The van der Waals surface area contributed by atoms with Gasteiger partial charge in [-0.05, 0) is 32.1 Å². The molecule has 0 aliphatic carbocycles. The molecule has 0 saturated carbocycles. The number of unbranched alkanes of at least 4 members (excludes halogenated alkanes) is 1. The Balaban J connectivity index is 3.39. The average Bonchev–Trinajstić information content (AvgIpc) is 2.03. The maximum absolute atomic E-state index is 5.73. The largest absolute Gasteiger partial charge is 0.328 e. The highest BCUT2D eigenvalue weighted by Crippen LogP contribution is 2.06. The Morgan fingerprint density at radius 1 is 1.25 bits per heavy atom. The van der Waals surface area contributed by atoms with Crippen LogP contribution in [-0.2, 0) is 0 Å². The van der Waals surface area contributed by atoms with Gasteiger partial charge in [0.1, 0.15) is 0 Å². The fraction of sp³-hybridized carbons (Fsp3) is 0.636. The van der Waals surface area contributed by atoms with Gasteiger partial charge in [0.25, 0.3) is 0 Å². The lowest BCUT2D eigenvalue weighted by molar-refractivity contribution is 0.489. The number of allylic oxidation sites excluding steroid dienone is 3. The summed E-state index contributed by atoms with van der Waals surface area (Å²) in [7, 11) is 0. The average molecular weight is 167 g/mol. The molecule has 0 saturated heterocycles. The first kappa shape index (κ1) is 11.4. The second-order valence-corrected chi connectivity index (χ2v) is 3.41. The van der Waals surface area contributed by atoms with E-state index < -0.39 is 0 Å². The molecule has 0 bridgehead atoms. The third-order valence-electron chi connectivity index (χ3n) is 2.11. The quantitative estimate of drug-likeness (QED) is 0.478. The molecule has 2 N–H and O–H groups in total. The molecule has 2 atom stereocenters. The van der Waals surface area contributed by atoms with Crippen LogP contribution in [0.1, 0.15) is 33.1 Å². The van der Waals surface area contributed by atoms with Crippen molar-refractivity contribution in [2.75, 3.05) is 0 Å². The van der Waals surface area contributed by atoms with E-state index in [1.807, 2.05) is 6.08 Å². The molecular weight excluding hydrogens is 146 g/mol. The highest BCUT2D eigenvalue weighted by molar-refractivity contribution is 4.86. The Hall–Kier alpha value is -0.560. The fourth-order valence-electron chi connectivity index (χ4n) is 0.857. The lowest BCUT2D eigenvalue weighted by atomic mass is 10.0. The van der Waals surface area contributed by atoms with E-state index in [2.05, 4.69) is 32.6 Å². The fourth-order valence-corrected chi connectivity index (χ4v) is 0.857. The predicted molar refractivity (Wildman–Crippen MR) is 56.0 cm³/mol. The van der Waals surface area contributed by atoms with Gasteiger partial charge in [-0.1, -0.05) is 25.2 Å². The molecule has 1 unspecified atom stereocenters. The third-order valence-corrected chi connectivity index (χ3v) is 2.11. The van der Waals surface area contributed by atoms with Crippen molar-refractivity contribution in [1.82, 2.24) is 0 Å². The van der Waals surface area contributed by atoms with Gasteiger partial charge in [-0.15, -0.1) is 6.58 Å². The first-order valence-electron chi connectivity index (χ1n) is 4.70. The van der Waals surface area contributed by atoms with Crippen molar-refractivity contribution in [3.05, 3.63) is 24.8 Å². The molecule has 0 aliphatic rings. The van der Waals surface area contributed by atoms with Gasteiger partial charge in [-0.25, -0.2) is 0 Å². The van der Waals surface area contributed by atoms with Gasteiger partial charge in [-0.3, -0.25) is 0 Å². The van der Waals surface area contributed by atoms with Crippen LogP contribution >= 0.6 is 0 Å². The van der Waals surface area contributed by atoms with E-state index in [-0.39, 0.29) is 0 Å². The van der Waals surface area contributed by atoms with Gasteiger partial charge in [0.05, 0.1) is 0 Å². The lowest BCUT2D eigenvalue weighted by Gasteiger charge is -2.12. The van der Waals surface area contributed by atoms with Gasteiger partial charge >= 0.3 is 0 Å². The van der Waals surface area contributed by atoms with Crippen LogP contribution in [0.4, 0.5) is 0 Å². The highest BCUT2D eigenvalue weighted by atomic mass is 14.6. The van der Waals surface area contributed by atoms with Crippen molar-refractivity contribution in [1.29, 1.82) is 0 Å². The summed E-state index contributed by atoms with van der Waals surface area (Å²) in [5.74, 6) is 0.588. The maximum Gasteiger partial charge on any atom is 0.00390 e. The Morgan fingerprint density at radius 2 is 1.92 bits per heavy atom. The van der Waals surface area contributed by atoms with Crippen molar-refractivity contribution in [3.8, 4) is 0 Å². The van der Waals surface area contributed by atoms with E-state index >= 15 is 0 Å². The Bertz CT molecular complexity index is 136. The zero-order valence-electron chi connectivity index (χ0n) is 8.29. The molecule has 0 rings (SSSR count). The van der Waals surface area contributed by atoms with Gasteiger partial charge in [-0.2, -0.15) is 0 Å². The van der Waals surface area contributed by atoms with Crippen LogP contribution in [-0.4, -0.2) is 6.04 Å². The lowest BCUT2D eigenvalue weighted by Crippen LogP contribution is -2.23. The second kappa shape index (κ2) is 7.11. The summed E-state index contributed by atoms with van der Waals surface area (Å²) in [4.78, 5) is 0. The molecule has 1 nitrogen and oxygen atoms in total. The molecule has 0 aliphatic heterocycles. The minimum Gasteiger partial charge on any atom is -0.328 e. The van der Waals surface area contributed by atoms with Crippen molar-refractivity contribution in [2.24, 2.45) is 11.7 Å². The second-order valence-electron chi connectivity index (χ2n) is 3.41. The number of hydrogen-bond donors (Lipinski definition) is 1. The number of rotatable bonds is 6. The van der Waals surface area contributed by atoms with Crippen LogP contribution in [0, 0.1) is 5.92 Å². The minimum atomic E-state index is 0.300. The zero-order valence-corrected chi connectivity index (χ0v) is 8.29. The van der Waals surface area contributed by atoms with Crippen LogP contribution in [0.3, 0.4) is 0 Å². The summed E-state index contributed by atoms with van der Waals surface area (Å²) in [5.41, 5.74) is 5.73. The van der Waals surface area contributed by atoms with Crippen LogP contribution in [0.5, 0.6) is 0 Å². The molecule has 1 heteroatoms. The van der Waals surface area contributed by atoms with E-state index in [9.17, 15) is 0 Å². The molecule has 12 heavy (non-hydrogen) atoms. The summed E-state index contributed by atoms with van der Waals surface area (Å²) in [5, 5.41) is 0. The summed E-state index contributed by atoms with van der Waals surface area (Å²) >= 11 is 0. The van der Waals surface area contributed by atoms with Gasteiger partial charge in [0.2, 0.25) is 0 Å². The molecule has 0 amide bonds. The molecule has 0 spiro atoms. The molecule has 0 fully saturated rings. The van der Waals surface area contributed by atoms with Crippen molar-refractivity contribution >= 4 is 0 Å². The van der Waals surface area contributed by atoms with Gasteiger partial charge in [0, 0.05) is 6.04 Å². The Kier molecular flexibility index (Phi) is 6.78. The monoisotopic (exact) mass is 167 g/mol. The van der Waals surface area contributed by atoms with Crippen molar-refractivity contribution in [3.63, 3.8) is 0 Å². The minimum absolute atomic E-state index is 0.300. The van der Waals surface area contributed by atoms with E-state index in [0.29, 0.717) is 12.0 Å². The normalized spacial score (nSPS) is 16.2. The molecule has 0 heterocycles. The van der Waals surface area contributed by atoms with Crippen molar-refractivity contribution < 1.29 is 0 Å². The molecule has 0 aromatic heterocycles. The first-order valence-corrected chi connectivity index (χ1v) is 4.70. The maximum atomic E-state index is 5.73. The van der Waals surface area contributed by atoms with Crippen LogP contribution in [0.2, 0.25) is 0 Å². The summed E-state index contributed by atoms with van der Waals surface area (Å²) in [6.45, 7) is 7.91. The summed E-state index contributed by atoms with van der Waals surface area (Å²) in [6.07, 6.45) is 9.64. The molecule has 70 valence electrons. The Morgan fingerprint density at radius 3 is 2.42 bits per heavy atom. The number of nitrogens with two attached hydrogens (primary N) is 1. The van der Waals surface area contributed by atoms with Gasteiger partial charge in [0.15, 0.2) is 0 Å². The van der Waals surface area contributed by atoms with E-state index in [1.165, 1.54) is 0 Å². The van der Waals surface area contributed by atoms with Crippen molar-refractivity contribution in [2.45, 2.75) is 39.2 Å². The summed E-state index contributed by atoms with van der Waals surface area (Å²) < 4.78 is 0. The van der Waals surface area contributed by atoms with E-state index in [1.54, 1.807) is 0 Å².